The fraction of sp³-hybridized carbons (Fsp3) is 0.765. The number of aliphatic hydroxyl groups excluding tert-OH is 1. The highest BCUT2D eigenvalue weighted by Gasteiger charge is 2.31. The Hall–Kier alpha value is -1.36. The van der Waals surface area contributed by atoms with Crippen molar-refractivity contribution in [3.8, 4) is 0 Å². The summed E-state index contributed by atoms with van der Waals surface area (Å²) in [5, 5.41) is 17.4. The summed E-state index contributed by atoms with van der Waals surface area (Å²) < 4.78 is 1.87. The molecule has 0 aliphatic heterocycles. The Labute approximate surface area is 134 Å². The molecule has 5 nitrogen and oxygen atoms in total. The second kappa shape index (κ2) is 7.27. The highest BCUT2D eigenvalue weighted by molar-refractivity contribution is 5.95. The highest BCUT2D eigenvalue weighted by Crippen LogP contribution is 2.25. The van der Waals surface area contributed by atoms with Crippen molar-refractivity contribution in [2.45, 2.75) is 61.1 Å². The normalized spacial score (nSPS) is 13.7. The lowest BCUT2D eigenvalue weighted by Gasteiger charge is -2.33. The molecule has 1 heterocycles. The minimum absolute atomic E-state index is 0.128. The lowest BCUT2D eigenvalue weighted by Crippen LogP contribution is -2.43. The van der Waals surface area contributed by atoms with Crippen LogP contribution in [0.25, 0.3) is 0 Å². The fourth-order valence-electron chi connectivity index (χ4n) is 2.61. The van der Waals surface area contributed by atoms with E-state index in [0.717, 1.165) is 12.2 Å². The second-order valence-corrected chi connectivity index (χ2v) is 7.58. The molecule has 5 heteroatoms. The molecule has 0 radical (unpaired) electrons. The van der Waals surface area contributed by atoms with Crippen LogP contribution in [0.4, 0.5) is 0 Å². The predicted octanol–water partition coefficient (Wildman–Crippen LogP) is 2.62. The number of aliphatic hydroxyl groups is 1. The van der Waals surface area contributed by atoms with E-state index in [4.69, 9.17) is 0 Å². The van der Waals surface area contributed by atoms with Gasteiger partial charge in [-0.15, -0.1) is 0 Å². The van der Waals surface area contributed by atoms with Gasteiger partial charge in [0, 0.05) is 24.2 Å². The lowest BCUT2D eigenvalue weighted by atomic mass is 9.80. The zero-order valence-corrected chi connectivity index (χ0v) is 15.0. The maximum Gasteiger partial charge on any atom is 0.254 e. The lowest BCUT2D eigenvalue weighted by molar-refractivity contribution is 0.0138. The van der Waals surface area contributed by atoms with Gasteiger partial charge >= 0.3 is 0 Å². The zero-order valence-electron chi connectivity index (χ0n) is 15.0. The Bertz CT molecular complexity index is 504. The predicted molar refractivity (Wildman–Crippen MR) is 88.8 cm³/mol. The van der Waals surface area contributed by atoms with Crippen molar-refractivity contribution in [3.05, 3.63) is 17.5 Å². The van der Waals surface area contributed by atoms with E-state index < -0.39 is 6.10 Å². The van der Waals surface area contributed by atoms with Crippen LogP contribution >= 0.6 is 0 Å². The summed E-state index contributed by atoms with van der Waals surface area (Å²) >= 11 is 0. The molecule has 0 bridgehead atoms. The number of carbonyl (C=O) groups excluding carboxylic acids is 1. The first-order valence-corrected chi connectivity index (χ1v) is 8.05. The summed E-state index contributed by atoms with van der Waals surface area (Å²) in [5.74, 6) is 0.508. The average molecular weight is 309 g/mol. The summed E-state index contributed by atoms with van der Waals surface area (Å²) in [6, 6.07) is 0. The number of amides is 1. The molecular formula is C17H31N3O2. The molecule has 0 aliphatic carbocycles. The van der Waals surface area contributed by atoms with Gasteiger partial charge in [0.05, 0.1) is 17.9 Å². The Morgan fingerprint density at radius 1 is 1.36 bits per heavy atom. The summed E-state index contributed by atoms with van der Waals surface area (Å²) in [6.07, 6.45) is 1.16. The topological polar surface area (TPSA) is 67.2 Å². The van der Waals surface area contributed by atoms with E-state index in [1.54, 1.807) is 6.20 Å². The van der Waals surface area contributed by atoms with Crippen molar-refractivity contribution >= 4 is 5.91 Å². The van der Waals surface area contributed by atoms with Gasteiger partial charge in [0.25, 0.3) is 5.91 Å². The van der Waals surface area contributed by atoms with Gasteiger partial charge in [-0.05, 0) is 18.8 Å². The van der Waals surface area contributed by atoms with E-state index in [1.807, 2.05) is 39.3 Å². The minimum atomic E-state index is -0.461. The molecule has 1 aromatic heterocycles. The number of aromatic nitrogens is 2. The van der Waals surface area contributed by atoms with E-state index in [1.165, 1.54) is 0 Å². The van der Waals surface area contributed by atoms with Crippen molar-refractivity contribution in [1.82, 2.24) is 15.1 Å². The quantitative estimate of drug-likeness (QED) is 0.813. The van der Waals surface area contributed by atoms with Gasteiger partial charge < -0.3 is 10.4 Å². The first kappa shape index (κ1) is 18.7. The SMILES string of the molecule is Cc1c(C(=O)NCC(C)(C)C(O)C(C)C)cnn1CC(C)C. The number of hydrogen-bond acceptors (Lipinski definition) is 3. The molecule has 0 saturated carbocycles. The van der Waals surface area contributed by atoms with Crippen LogP contribution in [0.2, 0.25) is 0 Å². The summed E-state index contributed by atoms with van der Waals surface area (Å²) in [7, 11) is 0. The first-order valence-electron chi connectivity index (χ1n) is 8.05. The zero-order chi connectivity index (χ0) is 17.1. The number of carbonyl (C=O) groups is 1. The molecule has 22 heavy (non-hydrogen) atoms. The molecule has 0 aliphatic rings. The van der Waals surface area contributed by atoms with Crippen molar-refractivity contribution in [2.75, 3.05) is 6.54 Å². The van der Waals surface area contributed by atoms with Gasteiger partial charge in [-0.2, -0.15) is 5.10 Å². The smallest absolute Gasteiger partial charge is 0.254 e. The average Bonchev–Trinajstić information content (AvgIpc) is 2.76. The Morgan fingerprint density at radius 2 is 1.95 bits per heavy atom. The molecule has 1 aromatic rings. The first-order chi connectivity index (χ1) is 10.1. The van der Waals surface area contributed by atoms with E-state index in [9.17, 15) is 9.90 Å². The molecule has 1 rings (SSSR count). The Balaban J connectivity index is 2.72. The van der Waals surface area contributed by atoms with Gasteiger partial charge in [-0.3, -0.25) is 9.48 Å². The van der Waals surface area contributed by atoms with Crippen LogP contribution in [-0.4, -0.2) is 33.4 Å². The number of hydrogen-bond donors (Lipinski definition) is 2. The Kier molecular flexibility index (Phi) is 6.17. The third-order valence-electron chi connectivity index (χ3n) is 4.02. The van der Waals surface area contributed by atoms with Crippen LogP contribution in [0.1, 0.15) is 57.6 Å². The molecule has 126 valence electrons. The van der Waals surface area contributed by atoms with E-state index in [-0.39, 0.29) is 17.2 Å². The molecule has 0 aromatic carbocycles. The van der Waals surface area contributed by atoms with Crippen LogP contribution in [-0.2, 0) is 6.54 Å². The number of rotatable bonds is 7. The maximum absolute atomic E-state index is 12.4. The van der Waals surface area contributed by atoms with Crippen LogP contribution < -0.4 is 5.32 Å². The van der Waals surface area contributed by atoms with Gasteiger partial charge in [0.15, 0.2) is 0 Å². The van der Waals surface area contributed by atoms with Gasteiger partial charge in [-0.25, -0.2) is 0 Å². The van der Waals surface area contributed by atoms with Gasteiger partial charge in [-0.1, -0.05) is 41.5 Å². The number of nitrogens with one attached hydrogen (secondary N) is 1. The Morgan fingerprint density at radius 3 is 2.45 bits per heavy atom. The van der Waals surface area contributed by atoms with Crippen molar-refractivity contribution < 1.29 is 9.90 Å². The maximum atomic E-state index is 12.4. The van der Waals surface area contributed by atoms with Crippen LogP contribution in [0.5, 0.6) is 0 Å². The molecule has 2 N–H and O–H groups in total. The van der Waals surface area contributed by atoms with Crippen molar-refractivity contribution in [2.24, 2.45) is 17.3 Å². The molecule has 0 spiro atoms. The monoisotopic (exact) mass is 309 g/mol. The molecule has 0 fully saturated rings. The summed E-state index contributed by atoms with van der Waals surface area (Å²) in [5.41, 5.74) is 1.12. The van der Waals surface area contributed by atoms with Crippen LogP contribution in [0.15, 0.2) is 6.20 Å². The van der Waals surface area contributed by atoms with Gasteiger partial charge in [0.1, 0.15) is 0 Å². The van der Waals surface area contributed by atoms with E-state index in [0.29, 0.717) is 18.0 Å². The molecule has 1 amide bonds. The third kappa shape index (κ3) is 4.57. The largest absolute Gasteiger partial charge is 0.392 e. The van der Waals surface area contributed by atoms with Crippen molar-refractivity contribution in [1.29, 1.82) is 0 Å². The number of nitrogens with zero attached hydrogens (tertiary/aromatic N) is 2. The second-order valence-electron chi connectivity index (χ2n) is 7.58. The third-order valence-corrected chi connectivity index (χ3v) is 4.02. The standard InChI is InChI=1S/C17H31N3O2/c1-11(2)9-20-13(5)14(8-19-20)16(22)18-10-17(6,7)15(21)12(3)4/h8,11-12,15,21H,9-10H2,1-7H3,(H,18,22). The van der Waals surface area contributed by atoms with Crippen molar-refractivity contribution in [3.63, 3.8) is 0 Å². The molecule has 1 unspecified atom stereocenters. The van der Waals surface area contributed by atoms with E-state index in [2.05, 4.69) is 24.3 Å². The van der Waals surface area contributed by atoms with E-state index >= 15 is 0 Å². The highest BCUT2D eigenvalue weighted by atomic mass is 16.3. The molecule has 0 saturated heterocycles. The van der Waals surface area contributed by atoms with Crippen LogP contribution in [0, 0.1) is 24.2 Å². The fourth-order valence-corrected chi connectivity index (χ4v) is 2.61. The molecule has 1 atom stereocenters. The minimum Gasteiger partial charge on any atom is -0.392 e. The summed E-state index contributed by atoms with van der Waals surface area (Å²) in [4.78, 5) is 12.4. The van der Waals surface area contributed by atoms with Crippen LogP contribution in [0.3, 0.4) is 0 Å². The molecular weight excluding hydrogens is 278 g/mol. The van der Waals surface area contributed by atoms with Gasteiger partial charge in [0.2, 0.25) is 0 Å². The summed E-state index contributed by atoms with van der Waals surface area (Å²) in [6.45, 7) is 15.3.